The van der Waals surface area contributed by atoms with Crippen molar-refractivity contribution >= 4 is 0 Å². The maximum absolute atomic E-state index is 10.1. The van der Waals surface area contributed by atoms with E-state index in [1.807, 2.05) is 0 Å². The number of hydrogen-bond acceptors (Lipinski definition) is 3. The van der Waals surface area contributed by atoms with Gasteiger partial charge in [-0.2, -0.15) is 0 Å². The first kappa shape index (κ1) is 14.1. The lowest BCUT2D eigenvalue weighted by molar-refractivity contribution is 0.0726. The largest absolute Gasteiger partial charge is 0.391 e. The minimum absolute atomic E-state index is 0.0873. The Bertz CT molecular complexity index is 409. The van der Waals surface area contributed by atoms with Crippen LogP contribution in [0.5, 0.6) is 0 Å². The Morgan fingerprint density at radius 3 is 2.55 bits per heavy atom. The zero-order chi connectivity index (χ0) is 13.8. The molecule has 3 nitrogen and oxygen atoms in total. The average Bonchev–Trinajstić information content (AvgIpc) is 2.76. The Kier molecular flexibility index (Phi) is 4.71. The minimum atomic E-state index is -0.0873. The monoisotopic (exact) mass is 274 g/mol. The van der Waals surface area contributed by atoms with Gasteiger partial charge in [0.25, 0.3) is 0 Å². The Balaban J connectivity index is 1.54. The summed E-state index contributed by atoms with van der Waals surface area (Å²) in [5.41, 5.74) is 1.40. The van der Waals surface area contributed by atoms with Crippen molar-refractivity contribution < 1.29 is 5.11 Å². The summed E-state index contributed by atoms with van der Waals surface area (Å²) in [5, 5.41) is 10.1. The van der Waals surface area contributed by atoms with E-state index in [4.69, 9.17) is 0 Å². The molecule has 0 radical (unpaired) electrons. The van der Waals surface area contributed by atoms with E-state index in [0.717, 1.165) is 32.6 Å². The Labute approximate surface area is 122 Å². The molecule has 2 fully saturated rings. The molecule has 3 rings (SSSR count). The fourth-order valence-corrected chi connectivity index (χ4v) is 3.67. The lowest BCUT2D eigenvalue weighted by atomic mass is 10.1. The summed E-state index contributed by atoms with van der Waals surface area (Å²) in [6.07, 6.45) is 4.50. The van der Waals surface area contributed by atoms with E-state index < -0.39 is 0 Å². The van der Waals surface area contributed by atoms with Gasteiger partial charge in [-0.3, -0.25) is 9.80 Å². The molecule has 1 saturated heterocycles. The molecular weight excluding hydrogens is 248 g/mol. The second kappa shape index (κ2) is 6.70. The maximum Gasteiger partial charge on any atom is 0.0695 e. The maximum atomic E-state index is 10.1. The highest BCUT2D eigenvalue weighted by atomic mass is 16.3. The summed E-state index contributed by atoms with van der Waals surface area (Å²) in [4.78, 5) is 5.08. The van der Waals surface area contributed by atoms with Crippen molar-refractivity contribution in [3.05, 3.63) is 35.9 Å². The quantitative estimate of drug-likeness (QED) is 0.914. The molecule has 1 aliphatic heterocycles. The van der Waals surface area contributed by atoms with E-state index >= 15 is 0 Å². The third kappa shape index (κ3) is 3.40. The number of aliphatic hydroxyl groups excluding tert-OH is 1. The van der Waals surface area contributed by atoms with Gasteiger partial charge in [-0.05, 0) is 44.3 Å². The number of hydrogen-bond donors (Lipinski definition) is 1. The molecule has 110 valence electrons. The molecule has 0 amide bonds. The standard InChI is InChI=1S/C17H26N2O/c20-17-9-4-8-16(17)19-11-5-10-18(12-13-19)14-15-6-2-1-3-7-15/h1-3,6-7,16-17,20H,4-5,8-14H2/t16-,17-/m0/s1. The highest BCUT2D eigenvalue weighted by molar-refractivity contribution is 5.14. The molecule has 1 aromatic rings. The summed E-state index contributed by atoms with van der Waals surface area (Å²) >= 11 is 0. The Morgan fingerprint density at radius 2 is 1.80 bits per heavy atom. The zero-order valence-electron chi connectivity index (χ0n) is 12.2. The molecule has 1 aliphatic carbocycles. The van der Waals surface area contributed by atoms with Crippen LogP contribution in [0.15, 0.2) is 30.3 Å². The van der Waals surface area contributed by atoms with Crippen LogP contribution in [-0.4, -0.2) is 53.2 Å². The number of aliphatic hydroxyl groups is 1. The van der Waals surface area contributed by atoms with Crippen molar-refractivity contribution in [2.75, 3.05) is 26.2 Å². The molecule has 20 heavy (non-hydrogen) atoms. The van der Waals surface area contributed by atoms with Crippen molar-refractivity contribution in [2.24, 2.45) is 0 Å². The van der Waals surface area contributed by atoms with Crippen LogP contribution in [0.25, 0.3) is 0 Å². The molecule has 1 N–H and O–H groups in total. The number of rotatable bonds is 3. The molecule has 1 saturated carbocycles. The third-order valence-corrected chi connectivity index (χ3v) is 4.79. The molecule has 2 aliphatic rings. The summed E-state index contributed by atoms with van der Waals surface area (Å²) in [6, 6.07) is 11.2. The molecule has 1 heterocycles. The molecule has 0 spiro atoms. The predicted octanol–water partition coefficient (Wildman–Crippen LogP) is 2.11. The highest BCUT2D eigenvalue weighted by Gasteiger charge is 2.31. The lowest BCUT2D eigenvalue weighted by Crippen LogP contribution is -2.42. The van der Waals surface area contributed by atoms with Crippen LogP contribution in [0, 0.1) is 0 Å². The molecule has 0 bridgehead atoms. The van der Waals surface area contributed by atoms with Gasteiger partial charge in [0.05, 0.1) is 6.10 Å². The molecule has 0 unspecified atom stereocenters. The lowest BCUT2D eigenvalue weighted by Gasteiger charge is -2.29. The van der Waals surface area contributed by atoms with Gasteiger partial charge in [0.2, 0.25) is 0 Å². The van der Waals surface area contributed by atoms with Crippen LogP contribution in [0.2, 0.25) is 0 Å². The van der Waals surface area contributed by atoms with Gasteiger partial charge < -0.3 is 5.11 Å². The normalized spacial score (nSPS) is 29.4. The van der Waals surface area contributed by atoms with Gasteiger partial charge >= 0.3 is 0 Å². The van der Waals surface area contributed by atoms with Crippen LogP contribution in [0.3, 0.4) is 0 Å². The number of benzene rings is 1. The van der Waals surface area contributed by atoms with E-state index in [9.17, 15) is 5.11 Å². The molecular formula is C17H26N2O. The van der Waals surface area contributed by atoms with Gasteiger partial charge in [0.15, 0.2) is 0 Å². The van der Waals surface area contributed by atoms with Crippen molar-refractivity contribution in [2.45, 2.75) is 44.4 Å². The second-order valence-corrected chi connectivity index (χ2v) is 6.22. The summed E-state index contributed by atoms with van der Waals surface area (Å²) in [5.74, 6) is 0. The number of nitrogens with zero attached hydrogens (tertiary/aromatic N) is 2. The van der Waals surface area contributed by atoms with E-state index in [0.29, 0.717) is 6.04 Å². The summed E-state index contributed by atoms with van der Waals surface area (Å²) < 4.78 is 0. The fourth-order valence-electron chi connectivity index (χ4n) is 3.67. The van der Waals surface area contributed by atoms with E-state index in [1.165, 1.54) is 31.4 Å². The minimum Gasteiger partial charge on any atom is -0.391 e. The van der Waals surface area contributed by atoms with Crippen molar-refractivity contribution in [1.82, 2.24) is 9.80 Å². The Hall–Kier alpha value is -0.900. The van der Waals surface area contributed by atoms with Gasteiger partial charge in [0, 0.05) is 25.7 Å². The summed E-state index contributed by atoms with van der Waals surface area (Å²) in [7, 11) is 0. The van der Waals surface area contributed by atoms with Crippen LogP contribution in [0.1, 0.15) is 31.2 Å². The first-order chi connectivity index (χ1) is 9.83. The van der Waals surface area contributed by atoms with Gasteiger partial charge in [-0.1, -0.05) is 30.3 Å². The molecule has 3 heteroatoms. The van der Waals surface area contributed by atoms with E-state index in [1.54, 1.807) is 0 Å². The van der Waals surface area contributed by atoms with E-state index in [2.05, 4.69) is 40.1 Å². The Morgan fingerprint density at radius 1 is 0.950 bits per heavy atom. The average molecular weight is 274 g/mol. The molecule has 1 aromatic carbocycles. The first-order valence-corrected chi connectivity index (χ1v) is 8.01. The van der Waals surface area contributed by atoms with Crippen LogP contribution in [0.4, 0.5) is 0 Å². The second-order valence-electron chi connectivity index (χ2n) is 6.22. The topological polar surface area (TPSA) is 26.7 Å². The van der Waals surface area contributed by atoms with Crippen LogP contribution >= 0.6 is 0 Å². The van der Waals surface area contributed by atoms with Gasteiger partial charge in [0.1, 0.15) is 0 Å². The van der Waals surface area contributed by atoms with Gasteiger partial charge in [-0.15, -0.1) is 0 Å². The van der Waals surface area contributed by atoms with Crippen molar-refractivity contribution in [3.8, 4) is 0 Å². The van der Waals surface area contributed by atoms with Crippen LogP contribution in [-0.2, 0) is 6.54 Å². The third-order valence-electron chi connectivity index (χ3n) is 4.79. The fraction of sp³-hybridized carbons (Fsp3) is 0.647. The zero-order valence-corrected chi connectivity index (χ0v) is 12.2. The molecule has 0 aromatic heterocycles. The highest BCUT2D eigenvalue weighted by Crippen LogP contribution is 2.25. The van der Waals surface area contributed by atoms with Crippen LogP contribution < -0.4 is 0 Å². The summed E-state index contributed by atoms with van der Waals surface area (Å²) in [6.45, 7) is 5.61. The smallest absolute Gasteiger partial charge is 0.0695 e. The SMILES string of the molecule is O[C@H]1CCC[C@@H]1N1CCCN(Cc2ccccc2)CC1. The van der Waals surface area contributed by atoms with E-state index in [-0.39, 0.29) is 6.10 Å². The molecule has 2 atom stereocenters. The van der Waals surface area contributed by atoms with Crippen molar-refractivity contribution in [1.29, 1.82) is 0 Å². The predicted molar refractivity (Wildman–Crippen MR) is 81.6 cm³/mol. The first-order valence-electron chi connectivity index (χ1n) is 8.01. The van der Waals surface area contributed by atoms with Crippen molar-refractivity contribution in [3.63, 3.8) is 0 Å². The van der Waals surface area contributed by atoms with Gasteiger partial charge in [-0.25, -0.2) is 0 Å².